The average Bonchev–Trinajstić information content (AvgIpc) is 3.05. The first-order valence-electron chi connectivity index (χ1n) is 7.35. The lowest BCUT2D eigenvalue weighted by Gasteiger charge is -2.28. The molecule has 1 heterocycles. The van der Waals surface area contributed by atoms with E-state index in [4.69, 9.17) is 18.0 Å². The number of thiophene rings is 1. The van der Waals surface area contributed by atoms with Gasteiger partial charge in [0.05, 0.1) is 15.4 Å². The van der Waals surface area contributed by atoms with Crippen LogP contribution in [0.25, 0.3) is 0 Å². The Hall–Kier alpha value is -0.940. The molecular weight excluding hydrogens is 288 g/mol. The zero-order valence-electron chi connectivity index (χ0n) is 11.5. The maximum absolute atomic E-state index is 12.5. The highest BCUT2D eigenvalue weighted by Gasteiger charge is 2.38. The van der Waals surface area contributed by atoms with Crippen LogP contribution in [0.5, 0.6) is 0 Å². The number of thiocarbonyl (C=S) groups is 1. The first-order chi connectivity index (χ1) is 9.61. The summed E-state index contributed by atoms with van der Waals surface area (Å²) in [4.78, 5) is 15.2. The summed E-state index contributed by atoms with van der Waals surface area (Å²) >= 11 is 6.83. The van der Waals surface area contributed by atoms with Crippen LogP contribution in [0, 0.1) is 0 Å². The summed E-state index contributed by atoms with van der Waals surface area (Å²) in [7, 11) is 0. The predicted octanol–water partition coefficient (Wildman–Crippen LogP) is 2.96. The molecule has 2 aliphatic carbocycles. The number of hydrogen-bond donors (Lipinski definition) is 2. The van der Waals surface area contributed by atoms with Crippen LogP contribution in [0.4, 0.5) is 0 Å². The fourth-order valence-electron chi connectivity index (χ4n) is 3.29. The number of nitrogens with two attached hydrogens (primary N) is 1. The molecule has 0 aliphatic heterocycles. The van der Waals surface area contributed by atoms with Gasteiger partial charge in [-0.3, -0.25) is 4.79 Å². The third-order valence-corrected chi connectivity index (χ3v) is 6.13. The largest absolute Gasteiger partial charge is 0.391 e. The van der Waals surface area contributed by atoms with E-state index in [0.717, 1.165) is 43.4 Å². The zero-order chi connectivity index (χ0) is 14.2. The number of rotatable bonds is 3. The molecule has 0 spiro atoms. The fourth-order valence-corrected chi connectivity index (χ4v) is 4.70. The zero-order valence-corrected chi connectivity index (χ0v) is 13.2. The number of carbonyl (C=O) groups excluding carboxylic acids is 1. The molecule has 0 aromatic carbocycles. The van der Waals surface area contributed by atoms with E-state index >= 15 is 0 Å². The van der Waals surface area contributed by atoms with Crippen molar-refractivity contribution in [1.29, 1.82) is 0 Å². The molecule has 2 aliphatic rings. The Morgan fingerprint density at radius 1 is 1.25 bits per heavy atom. The van der Waals surface area contributed by atoms with Crippen LogP contribution in [-0.4, -0.2) is 16.4 Å². The molecule has 1 amide bonds. The van der Waals surface area contributed by atoms with Crippen molar-refractivity contribution in [2.75, 3.05) is 0 Å². The van der Waals surface area contributed by atoms with Crippen molar-refractivity contribution in [3.05, 3.63) is 21.4 Å². The topological polar surface area (TPSA) is 55.1 Å². The Morgan fingerprint density at radius 3 is 2.60 bits per heavy atom. The number of fused-ring (bicyclic) bond motifs is 1. The lowest BCUT2D eigenvalue weighted by atomic mass is 9.97. The molecule has 20 heavy (non-hydrogen) atoms. The minimum atomic E-state index is -0.448. The van der Waals surface area contributed by atoms with E-state index in [1.807, 2.05) is 0 Å². The van der Waals surface area contributed by atoms with Gasteiger partial charge in [0.1, 0.15) is 0 Å². The molecule has 5 heteroatoms. The van der Waals surface area contributed by atoms with Crippen molar-refractivity contribution >= 4 is 34.5 Å². The van der Waals surface area contributed by atoms with Gasteiger partial charge in [-0.05, 0) is 50.2 Å². The highest BCUT2D eigenvalue weighted by Crippen LogP contribution is 2.33. The van der Waals surface area contributed by atoms with Gasteiger partial charge >= 0.3 is 0 Å². The monoisotopic (exact) mass is 308 g/mol. The maximum Gasteiger partial charge on any atom is 0.262 e. The van der Waals surface area contributed by atoms with Gasteiger partial charge < -0.3 is 11.1 Å². The maximum atomic E-state index is 12.5. The van der Waals surface area contributed by atoms with Crippen molar-refractivity contribution < 1.29 is 4.79 Å². The molecule has 108 valence electrons. The molecule has 0 unspecified atom stereocenters. The van der Waals surface area contributed by atoms with E-state index in [9.17, 15) is 4.79 Å². The molecular formula is C15H20N2OS2. The lowest BCUT2D eigenvalue weighted by Crippen LogP contribution is -2.54. The van der Waals surface area contributed by atoms with Crippen LogP contribution in [0.2, 0.25) is 0 Å². The van der Waals surface area contributed by atoms with Gasteiger partial charge in [-0.1, -0.05) is 25.1 Å². The summed E-state index contributed by atoms with van der Waals surface area (Å²) in [5.74, 6) is -0.000833. The summed E-state index contributed by atoms with van der Waals surface area (Å²) in [5.41, 5.74) is 6.79. The first-order valence-corrected chi connectivity index (χ1v) is 8.57. The Morgan fingerprint density at radius 2 is 1.95 bits per heavy atom. The van der Waals surface area contributed by atoms with Gasteiger partial charge in [0.15, 0.2) is 0 Å². The lowest BCUT2D eigenvalue weighted by molar-refractivity contribution is 0.0928. The highest BCUT2D eigenvalue weighted by molar-refractivity contribution is 7.80. The van der Waals surface area contributed by atoms with Gasteiger partial charge in [-0.15, -0.1) is 11.3 Å². The van der Waals surface area contributed by atoms with Crippen LogP contribution in [-0.2, 0) is 12.8 Å². The van der Waals surface area contributed by atoms with E-state index in [1.54, 1.807) is 11.3 Å². The van der Waals surface area contributed by atoms with E-state index < -0.39 is 5.54 Å². The minimum Gasteiger partial charge on any atom is -0.391 e. The summed E-state index contributed by atoms with van der Waals surface area (Å²) in [6.45, 7) is 0. The van der Waals surface area contributed by atoms with Crippen molar-refractivity contribution in [2.45, 2.75) is 56.9 Å². The molecule has 0 bridgehead atoms. The third-order valence-electron chi connectivity index (χ3n) is 4.50. The molecule has 1 fully saturated rings. The second-order valence-electron chi connectivity index (χ2n) is 5.87. The summed E-state index contributed by atoms with van der Waals surface area (Å²) in [6, 6.07) is 2.07. The molecule has 3 nitrogen and oxygen atoms in total. The number of aryl methyl sites for hydroxylation is 2. The van der Waals surface area contributed by atoms with Gasteiger partial charge in [0.25, 0.3) is 5.91 Å². The van der Waals surface area contributed by atoms with Crippen molar-refractivity contribution in [2.24, 2.45) is 5.73 Å². The smallest absolute Gasteiger partial charge is 0.262 e. The minimum absolute atomic E-state index is 0.000833. The number of amides is 1. The molecule has 1 saturated carbocycles. The van der Waals surface area contributed by atoms with Crippen molar-refractivity contribution in [3.63, 3.8) is 0 Å². The fraction of sp³-hybridized carbons (Fsp3) is 0.600. The predicted molar refractivity (Wildman–Crippen MR) is 86.4 cm³/mol. The van der Waals surface area contributed by atoms with Crippen molar-refractivity contribution in [1.82, 2.24) is 5.32 Å². The Labute approximate surface area is 128 Å². The second kappa shape index (κ2) is 5.45. The molecule has 3 rings (SSSR count). The van der Waals surface area contributed by atoms with Gasteiger partial charge in [-0.25, -0.2) is 0 Å². The average molecular weight is 308 g/mol. The molecule has 0 atom stereocenters. The van der Waals surface area contributed by atoms with E-state index in [2.05, 4.69) is 11.4 Å². The summed E-state index contributed by atoms with van der Waals surface area (Å²) in [5, 5.41) is 3.12. The number of carbonyl (C=O) groups is 1. The van der Waals surface area contributed by atoms with E-state index in [-0.39, 0.29) is 5.91 Å². The van der Waals surface area contributed by atoms with Crippen LogP contribution >= 0.6 is 23.6 Å². The van der Waals surface area contributed by atoms with Crippen LogP contribution in [0.3, 0.4) is 0 Å². The van der Waals surface area contributed by atoms with Crippen LogP contribution < -0.4 is 11.1 Å². The number of nitrogens with one attached hydrogen (secondary N) is 1. The Kier molecular flexibility index (Phi) is 3.82. The second-order valence-corrected chi connectivity index (χ2v) is 7.45. The van der Waals surface area contributed by atoms with Crippen molar-refractivity contribution in [3.8, 4) is 0 Å². The molecule has 0 radical (unpaired) electrons. The molecule has 1 aromatic heterocycles. The van der Waals surface area contributed by atoms with Gasteiger partial charge in [0, 0.05) is 4.88 Å². The van der Waals surface area contributed by atoms with Gasteiger partial charge in [0.2, 0.25) is 0 Å². The summed E-state index contributed by atoms with van der Waals surface area (Å²) < 4.78 is 0. The first kappa shape index (κ1) is 14.0. The molecule has 0 saturated heterocycles. The third kappa shape index (κ3) is 2.49. The quantitative estimate of drug-likeness (QED) is 0.844. The number of hydrogen-bond acceptors (Lipinski definition) is 3. The standard InChI is InChI=1S/C15H20N2OS2/c16-14(19)15(7-3-4-8-15)17-13(18)12-9-10-5-1-2-6-11(10)20-12/h9H,1-8H2,(H2,16,19)(H,17,18). The van der Waals surface area contributed by atoms with E-state index in [1.165, 1.54) is 23.3 Å². The molecule has 1 aromatic rings. The SMILES string of the molecule is NC(=S)C1(NC(=O)c2cc3c(s2)CCCC3)CCCC1. The molecule has 3 N–H and O–H groups in total. The van der Waals surface area contributed by atoms with Crippen LogP contribution in [0.1, 0.15) is 58.6 Å². The normalized spacial score (nSPS) is 20.4. The Bertz CT molecular complexity index is 521. The Balaban J connectivity index is 1.78. The van der Waals surface area contributed by atoms with E-state index in [0.29, 0.717) is 4.99 Å². The van der Waals surface area contributed by atoms with Gasteiger partial charge in [-0.2, -0.15) is 0 Å². The summed E-state index contributed by atoms with van der Waals surface area (Å²) in [6.07, 6.45) is 8.62. The highest BCUT2D eigenvalue weighted by atomic mass is 32.1. The van der Waals surface area contributed by atoms with Crippen LogP contribution in [0.15, 0.2) is 6.07 Å².